The van der Waals surface area contributed by atoms with Gasteiger partial charge in [-0.15, -0.1) is 0 Å². The Morgan fingerprint density at radius 3 is 2.83 bits per heavy atom. The fraction of sp³-hybridized carbons (Fsp3) is 0.500. The van der Waals surface area contributed by atoms with Crippen LogP contribution >= 0.6 is 0 Å². The monoisotopic (exact) mass is 244 g/mol. The first-order valence-electron chi connectivity index (χ1n) is 6.84. The second-order valence-corrected chi connectivity index (χ2v) is 5.66. The summed E-state index contributed by atoms with van der Waals surface area (Å²) in [7, 11) is 0. The zero-order valence-electron chi connectivity index (χ0n) is 11.0. The van der Waals surface area contributed by atoms with E-state index in [0.717, 1.165) is 28.7 Å². The number of hydrogen-bond acceptors (Lipinski definition) is 2. The maximum atomic E-state index is 10.5. The molecule has 1 aliphatic rings. The van der Waals surface area contributed by atoms with Gasteiger partial charge in [-0.05, 0) is 36.8 Å². The highest BCUT2D eigenvalue weighted by Gasteiger charge is 2.32. The van der Waals surface area contributed by atoms with Crippen LogP contribution in [0.4, 0.5) is 0 Å². The topological polar surface area (TPSA) is 33.4 Å². The molecule has 1 aromatic carbocycles. The van der Waals surface area contributed by atoms with Gasteiger partial charge in [0.1, 0.15) is 17.4 Å². The summed E-state index contributed by atoms with van der Waals surface area (Å²) in [5, 5.41) is 11.6. The van der Waals surface area contributed by atoms with Gasteiger partial charge in [-0.25, -0.2) is 0 Å². The Hall–Kier alpha value is -1.28. The van der Waals surface area contributed by atoms with Crippen molar-refractivity contribution in [2.24, 2.45) is 11.8 Å². The Bertz CT molecular complexity index is 555. The van der Waals surface area contributed by atoms with E-state index in [1.54, 1.807) is 0 Å². The highest BCUT2D eigenvalue weighted by atomic mass is 16.4. The van der Waals surface area contributed by atoms with Gasteiger partial charge >= 0.3 is 0 Å². The molecule has 1 heterocycles. The van der Waals surface area contributed by atoms with E-state index >= 15 is 0 Å². The predicted molar refractivity (Wildman–Crippen MR) is 72.4 cm³/mol. The third-order valence-electron chi connectivity index (χ3n) is 4.38. The van der Waals surface area contributed by atoms with E-state index in [-0.39, 0.29) is 0 Å². The van der Waals surface area contributed by atoms with Crippen LogP contribution < -0.4 is 0 Å². The van der Waals surface area contributed by atoms with Crippen molar-refractivity contribution in [2.45, 2.75) is 39.2 Å². The summed E-state index contributed by atoms with van der Waals surface area (Å²) >= 11 is 0. The van der Waals surface area contributed by atoms with E-state index < -0.39 is 6.10 Å². The summed E-state index contributed by atoms with van der Waals surface area (Å²) in [6.45, 7) is 4.27. The Kier molecular flexibility index (Phi) is 2.90. The average molecular weight is 244 g/mol. The Morgan fingerprint density at radius 1 is 1.33 bits per heavy atom. The molecule has 1 fully saturated rings. The molecule has 1 aliphatic carbocycles. The number of hydrogen-bond donors (Lipinski definition) is 1. The minimum Gasteiger partial charge on any atom is -0.458 e. The predicted octanol–water partition coefficient (Wildman–Crippen LogP) is 4.21. The van der Waals surface area contributed by atoms with E-state index in [1.165, 1.54) is 12.8 Å². The molecular weight excluding hydrogens is 224 g/mol. The van der Waals surface area contributed by atoms with Crippen LogP contribution in [0.1, 0.15) is 43.6 Å². The molecule has 96 valence electrons. The second-order valence-electron chi connectivity index (χ2n) is 5.66. The van der Waals surface area contributed by atoms with E-state index in [9.17, 15) is 5.11 Å². The number of aryl methyl sites for hydroxylation is 1. The lowest BCUT2D eigenvalue weighted by Crippen LogP contribution is -2.14. The third-order valence-corrected chi connectivity index (χ3v) is 4.38. The van der Waals surface area contributed by atoms with Crippen molar-refractivity contribution in [3.8, 4) is 0 Å². The Balaban J connectivity index is 1.96. The van der Waals surface area contributed by atoms with Crippen LogP contribution in [0.25, 0.3) is 11.0 Å². The third kappa shape index (κ3) is 1.85. The van der Waals surface area contributed by atoms with Crippen LogP contribution in [0.3, 0.4) is 0 Å². The molecule has 0 amide bonds. The fourth-order valence-corrected chi connectivity index (χ4v) is 3.23. The van der Waals surface area contributed by atoms with Crippen LogP contribution in [-0.2, 0) is 0 Å². The lowest BCUT2D eigenvalue weighted by atomic mass is 9.91. The van der Waals surface area contributed by atoms with E-state index in [2.05, 4.69) is 6.92 Å². The fourth-order valence-electron chi connectivity index (χ4n) is 3.23. The van der Waals surface area contributed by atoms with Crippen molar-refractivity contribution in [3.63, 3.8) is 0 Å². The minimum absolute atomic E-state index is 0.353. The molecule has 1 aromatic heterocycles. The molecule has 0 spiro atoms. The highest BCUT2D eigenvalue weighted by Crippen LogP contribution is 2.41. The number of rotatable bonds is 2. The molecule has 3 atom stereocenters. The number of aliphatic hydroxyl groups excluding tert-OH is 1. The molecule has 1 N–H and O–H groups in total. The lowest BCUT2D eigenvalue weighted by Gasteiger charge is -2.20. The molecule has 0 saturated heterocycles. The van der Waals surface area contributed by atoms with Gasteiger partial charge in [0.15, 0.2) is 0 Å². The minimum atomic E-state index is -0.450. The van der Waals surface area contributed by atoms with Crippen LogP contribution in [0.5, 0.6) is 0 Å². The van der Waals surface area contributed by atoms with Crippen molar-refractivity contribution in [3.05, 3.63) is 35.6 Å². The Morgan fingerprint density at radius 2 is 2.17 bits per heavy atom. The zero-order chi connectivity index (χ0) is 12.7. The number of furan rings is 1. The van der Waals surface area contributed by atoms with Gasteiger partial charge in [-0.3, -0.25) is 0 Å². The molecule has 0 radical (unpaired) electrons. The van der Waals surface area contributed by atoms with Crippen LogP contribution in [0, 0.1) is 18.8 Å². The van der Waals surface area contributed by atoms with Crippen molar-refractivity contribution in [1.29, 1.82) is 0 Å². The summed E-state index contributed by atoms with van der Waals surface area (Å²) in [5.41, 5.74) is 2.04. The van der Waals surface area contributed by atoms with Gasteiger partial charge in [0.25, 0.3) is 0 Å². The van der Waals surface area contributed by atoms with Crippen LogP contribution in [-0.4, -0.2) is 5.11 Å². The summed E-state index contributed by atoms with van der Waals surface area (Å²) in [4.78, 5) is 0. The van der Waals surface area contributed by atoms with Gasteiger partial charge in [0.2, 0.25) is 0 Å². The average Bonchev–Trinajstić information content (AvgIpc) is 2.95. The van der Waals surface area contributed by atoms with Gasteiger partial charge in [-0.2, -0.15) is 0 Å². The first-order chi connectivity index (χ1) is 8.66. The lowest BCUT2D eigenvalue weighted by molar-refractivity contribution is 0.0711. The van der Waals surface area contributed by atoms with Crippen LogP contribution in [0.15, 0.2) is 28.7 Å². The summed E-state index contributed by atoms with van der Waals surface area (Å²) in [6, 6.07) is 8.11. The molecule has 3 rings (SSSR count). The largest absolute Gasteiger partial charge is 0.458 e. The van der Waals surface area contributed by atoms with Gasteiger partial charge in [-0.1, -0.05) is 38.0 Å². The van der Waals surface area contributed by atoms with E-state index in [4.69, 9.17) is 4.42 Å². The molecular formula is C16H20O2. The van der Waals surface area contributed by atoms with Crippen molar-refractivity contribution in [1.82, 2.24) is 0 Å². The molecule has 0 bridgehead atoms. The SMILES string of the molecule is Cc1cccc2cc(C(O)C3CCCC3C)oc12. The standard InChI is InChI=1S/C16H20O2/c1-10-5-4-8-13(10)15(17)14-9-12-7-3-6-11(2)16(12)18-14/h3,6-7,9-10,13,15,17H,4-5,8H2,1-2H3. The van der Waals surface area contributed by atoms with Gasteiger partial charge in [0, 0.05) is 5.39 Å². The van der Waals surface area contributed by atoms with Crippen molar-refractivity contribution < 1.29 is 9.52 Å². The first-order valence-corrected chi connectivity index (χ1v) is 6.84. The molecule has 3 unspecified atom stereocenters. The summed E-state index contributed by atoms with van der Waals surface area (Å²) < 4.78 is 5.87. The Labute approximate surface area is 108 Å². The smallest absolute Gasteiger partial charge is 0.137 e. The van der Waals surface area contributed by atoms with Gasteiger partial charge in [0.05, 0.1) is 0 Å². The molecule has 0 aliphatic heterocycles. The molecule has 1 saturated carbocycles. The number of fused-ring (bicyclic) bond motifs is 1. The first kappa shape index (κ1) is 11.8. The van der Waals surface area contributed by atoms with E-state index in [0.29, 0.717) is 11.8 Å². The number of aliphatic hydroxyl groups is 1. The molecule has 2 nitrogen and oxygen atoms in total. The summed E-state index contributed by atoms with van der Waals surface area (Å²) in [5.74, 6) is 1.68. The molecule has 18 heavy (non-hydrogen) atoms. The van der Waals surface area contributed by atoms with Crippen LogP contribution in [0.2, 0.25) is 0 Å². The van der Waals surface area contributed by atoms with E-state index in [1.807, 2.05) is 31.2 Å². The summed E-state index contributed by atoms with van der Waals surface area (Å²) in [6.07, 6.45) is 3.11. The normalized spacial score (nSPS) is 25.7. The zero-order valence-corrected chi connectivity index (χ0v) is 11.0. The quantitative estimate of drug-likeness (QED) is 0.858. The molecule has 2 aromatic rings. The van der Waals surface area contributed by atoms with Crippen molar-refractivity contribution in [2.75, 3.05) is 0 Å². The maximum Gasteiger partial charge on any atom is 0.137 e. The molecule has 2 heteroatoms. The number of para-hydroxylation sites is 1. The maximum absolute atomic E-state index is 10.5. The second kappa shape index (κ2) is 4.43. The highest BCUT2D eigenvalue weighted by molar-refractivity contribution is 5.80. The number of benzene rings is 1. The van der Waals surface area contributed by atoms with Gasteiger partial charge < -0.3 is 9.52 Å². The van der Waals surface area contributed by atoms with Crippen molar-refractivity contribution >= 4 is 11.0 Å².